The van der Waals surface area contributed by atoms with Crippen LogP contribution in [0.2, 0.25) is 0 Å². The van der Waals surface area contributed by atoms with E-state index in [1.807, 2.05) is 0 Å². The van der Waals surface area contributed by atoms with Crippen LogP contribution < -0.4 is 0 Å². The maximum Gasteiger partial charge on any atom is 0.276 e. The van der Waals surface area contributed by atoms with Crippen molar-refractivity contribution in [2.24, 2.45) is 0 Å². The molecular formula is C9H14N4O2. The summed E-state index contributed by atoms with van der Waals surface area (Å²) < 4.78 is 5.49. The summed E-state index contributed by atoms with van der Waals surface area (Å²) in [5.74, 6) is -0.0782. The van der Waals surface area contributed by atoms with Crippen molar-refractivity contribution in [3.8, 4) is 0 Å². The van der Waals surface area contributed by atoms with Gasteiger partial charge in [0.2, 0.25) is 0 Å². The molecule has 0 radical (unpaired) electrons. The van der Waals surface area contributed by atoms with Gasteiger partial charge in [-0.2, -0.15) is 15.4 Å². The molecule has 0 bridgehead atoms. The van der Waals surface area contributed by atoms with Gasteiger partial charge in [0, 0.05) is 13.1 Å². The molecule has 82 valence electrons. The monoisotopic (exact) mass is 210 g/mol. The number of H-pyrrole nitrogens is 1. The van der Waals surface area contributed by atoms with Crippen LogP contribution in [0.5, 0.6) is 0 Å². The molecule has 1 atom stereocenters. The Morgan fingerprint density at radius 2 is 2.67 bits per heavy atom. The van der Waals surface area contributed by atoms with Crippen LogP contribution in [0.4, 0.5) is 0 Å². The lowest BCUT2D eigenvalue weighted by atomic mass is 10.2. The molecule has 1 aliphatic heterocycles. The van der Waals surface area contributed by atoms with Gasteiger partial charge in [0.15, 0.2) is 5.69 Å². The molecule has 1 amide bonds. The lowest BCUT2D eigenvalue weighted by Gasteiger charge is -2.31. The van der Waals surface area contributed by atoms with Crippen LogP contribution >= 0.6 is 0 Å². The highest BCUT2D eigenvalue weighted by Gasteiger charge is 2.25. The first-order valence-corrected chi connectivity index (χ1v) is 5.08. The van der Waals surface area contributed by atoms with Gasteiger partial charge in [-0.3, -0.25) is 4.79 Å². The average molecular weight is 210 g/mol. The molecule has 2 heterocycles. The second kappa shape index (κ2) is 4.39. The molecule has 0 aliphatic carbocycles. The molecular weight excluding hydrogens is 196 g/mol. The highest BCUT2D eigenvalue weighted by Crippen LogP contribution is 2.10. The quantitative estimate of drug-likeness (QED) is 0.749. The van der Waals surface area contributed by atoms with Gasteiger partial charge in [-0.1, -0.05) is 6.92 Å². The normalized spacial score (nSPS) is 21.7. The largest absolute Gasteiger partial charge is 0.375 e. The van der Waals surface area contributed by atoms with Crippen molar-refractivity contribution >= 4 is 5.91 Å². The topological polar surface area (TPSA) is 71.1 Å². The van der Waals surface area contributed by atoms with Gasteiger partial charge in [-0.15, -0.1) is 0 Å². The molecule has 0 saturated carbocycles. The van der Waals surface area contributed by atoms with Crippen molar-refractivity contribution in [1.29, 1.82) is 0 Å². The van der Waals surface area contributed by atoms with E-state index in [-0.39, 0.29) is 12.0 Å². The predicted molar refractivity (Wildman–Crippen MR) is 52.3 cm³/mol. The fourth-order valence-corrected chi connectivity index (χ4v) is 1.62. The molecule has 1 aromatic rings. The predicted octanol–water partition coefficient (Wildman–Crippen LogP) is 0.0557. The number of rotatable bonds is 2. The van der Waals surface area contributed by atoms with Crippen molar-refractivity contribution in [3.05, 3.63) is 11.9 Å². The molecule has 0 aromatic carbocycles. The molecule has 1 fully saturated rings. The van der Waals surface area contributed by atoms with Gasteiger partial charge < -0.3 is 9.64 Å². The maximum atomic E-state index is 11.9. The SMILES string of the molecule is CCC1CN(C(=O)c2cn[nH]n2)CCO1. The van der Waals surface area contributed by atoms with E-state index in [0.717, 1.165) is 6.42 Å². The second-order valence-electron chi connectivity index (χ2n) is 3.51. The van der Waals surface area contributed by atoms with E-state index in [1.165, 1.54) is 6.20 Å². The van der Waals surface area contributed by atoms with Crippen molar-refractivity contribution in [2.45, 2.75) is 19.4 Å². The summed E-state index contributed by atoms with van der Waals surface area (Å²) in [7, 11) is 0. The van der Waals surface area contributed by atoms with Crippen molar-refractivity contribution in [2.75, 3.05) is 19.7 Å². The highest BCUT2D eigenvalue weighted by molar-refractivity contribution is 5.91. The lowest BCUT2D eigenvalue weighted by Crippen LogP contribution is -2.45. The minimum Gasteiger partial charge on any atom is -0.375 e. The van der Waals surface area contributed by atoms with E-state index in [2.05, 4.69) is 22.3 Å². The zero-order valence-electron chi connectivity index (χ0n) is 8.64. The standard InChI is InChI=1S/C9H14N4O2/c1-2-7-6-13(3-4-15-7)9(14)8-5-10-12-11-8/h5,7H,2-4,6H2,1H3,(H,10,11,12). The van der Waals surface area contributed by atoms with E-state index < -0.39 is 0 Å². The Morgan fingerprint density at radius 1 is 1.80 bits per heavy atom. The summed E-state index contributed by atoms with van der Waals surface area (Å²) >= 11 is 0. The molecule has 1 unspecified atom stereocenters. The molecule has 2 rings (SSSR count). The zero-order chi connectivity index (χ0) is 10.7. The summed E-state index contributed by atoms with van der Waals surface area (Å²) in [6, 6.07) is 0. The molecule has 6 nitrogen and oxygen atoms in total. The smallest absolute Gasteiger partial charge is 0.276 e. The van der Waals surface area contributed by atoms with Gasteiger partial charge in [0.05, 0.1) is 18.9 Å². The highest BCUT2D eigenvalue weighted by atomic mass is 16.5. The van der Waals surface area contributed by atoms with Crippen LogP contribution in [0.1, 0.15) is 23.8 Å². The number of morpholine rings is 1. The zero-order valence-corrected chi connectivity index (χ0v) is 8.64. The summed E-state index contributed by atoms with van der Waals surface area (Å²) in [6.45, 7) is 3.92. The second-order valence-corrected chi connectivity index (χ2v) is 3.51. The number of amides is 1. The number of ether oxygens (including phenoxy) is 1. The van der Waals surface area contributed by atoms with Crippen LogP contribution in [0.3, 0.4) is 0 Å². The summed E-state index contributed by atoms with van der Waals surface area (Å²) in [5.41, 5.74) is 0.367. The van der Waals surface area contributed by atoms with Crippen LogP contribution in [0, 0.1) is 0 Å². The molecule has 1 aromatic heterocycles. The maximum absolute atomic E-state index is 11.9. The third kappa shape index (κ3) is 2.15. The van der Waals surface area contributed by atoms with Crippen molar-refractivity contribution in [3.63, 3.8) is 0 Å². The molecule has 1 N–H and O–H groups in total. The van der Waals surface area contributed by atoms with Gasteiger partial charge in [0.25, 0.3) is 5.91 Å². The number of aromatic nitrogens is 3. The van der Waals surface area contributed by atoms with Gasteiger partial charge in [-0.25, -0.2) is 0 Å². The first-order valence-electron chi connectivity index (χ1n) is 5.08. The summed E-state index contributed by atoms with van der Waals surface area (Å²) in [6.07, 6.45) is 2.51. The lowest BCUT2D eigenvalue weighted by molar-refractivity contribution is -0.0228. The first kappa shape index (κ1) is 10.1. The Kier molecular flexibility index (Phi) is 2.96. The van der Waals surface area contributed by atoms with Gasteiger partial charge in [0.1, 0.15) is 0 Å². The number of nitrogens with one attached hydrogen (secondary N) is 1. The van der Waals surface area contributed by atoms with Crippen LogP contribution in [-0.4, -0.2) is 52.0 Å². The molecule has 1 saturated heterocycles. The minimum atomic E-state index is -0.0782. The molecule has 0 spiro atoms. The number of hydrogen-bond acceptors (Lipinski definition) is 4. The number of aromatic amines is 1. The molecule has 6 heteroatoms. The Bertz CT molecular complexity index is 325. The van der Waals surface area contributed by atoms with Crippen molar-refractivity contribution in [1.82, 2.24) is 20.3 Å². The average Bonchev–Trinajstić information content (AvgIpc) is 2.81. The van der Waals surface area contributed by atoms with E-state index in [9.17, 15) is 4.79 Å². The van der Waals surface area contributed by atoms with E-state index in [0.29, 0.717) is 25.4 Å². The van der Waals surface area contributed by atoms with E-state index in [1.54, 1.807) is 4.90 Å². The number of nitrogens with zero attached hydrogens (tertiary/aromatic N) is 3. The fourth-order valence-electron chi connectivity index (χ4n) is 1.62. The van der Waals surface area contributed by atoms with Gasteiger partial charge >= 0.3 is 0 Å². The molecule has 15 heavy (non-hydrogen) atoms. The summed E-state index contributed by atoms with van der Waals surface area (Å²) in [5, 5.41) is 9.83. The third-order valence-corrected chi connectivity index (χ3v) is 2.52. The van der Waals surface area contributed by atoms with Crippen molar-refractivity contribution < 1.29 is 9.53 Å². The van der Waals surface area contributed by atoms with Crippen LogP contribution in [0.15, 0.2) is 6.20 Å². The number of carbonyl (C=O) groups is 1. The fraction of sp³-hybridized carbons (Fsp3) is 0.667. The molecule has 1 aliphatic rings. The Morgan fingerprint density at radius 3 is 3.33 bits per heavy atom. The first-order chi connectivity index (χ1) is 7.31. The number of hydrogen-bond donors (Lipinski definition) is 1. The Hall–Kier alpha value is -1.43. The van der Waals surface area contributed by atoms with Gasteiger partial charge in [-0.05, 0) is 6.42 Å². The van der Waals surface area contributed by atoms with E-state index >= 15 is 0 Å². The number of carbonyl (C=O) groups excluding carboxylic acids is 1. The minimum absolute atomic E-state index is 0.0782. The Balaban J connectivity index is 2.01. The van der Waals surface area contributed by atoms with E-state index in [4.69, 9.17) is 4.74 Å². The Labute approximate surface area is 87.6 Å². The summed E-state index contributed by atoms with van der Waals surface area (Å²) in [4.78, 5) is 13.6. The van der Waals surface area contributed by atoms with Crippen LogP contribution in [-0.2, 0) is 4.74 Å². The van der Waals surface area contributed by atoms with Crippen LogP contribution in [0.25, 0.3) is 0 Å². The third-order valence-electron chi connectivity index (χ3n) is 2.52.